The van der Waals surface area contributed by atoms with Crippen LogP contribution in [0.25, 0.3) is 11.3 Å². The number of benzene rings is 1. The smallest absolute Gasteiger partial charge is 0.235 e. The van der Waals surface area contributed by atoms with E-state index in [-0.39, 0.29) is 5.75 Å². The second kappa shape index (κ2) is 7.93. The van der Waals surface area contributed by atoms with E-state index in [0.717, 1.165) is 29.3 Å². The predicted octanol–water partition coefficient (Wildman–Crippen LogP) is 0.495. The van der Waals surface area contributed by atoms with Gasteiger partial charge < -0.3 is 15.3 Å². The van der Waals surface area contributed by atoms with Crippen molar-refractivity contribution in [2.75, 3.05) is 34.2 Å². The fourth-order valence-electron chi connectivity index (χ4n) is 3.92. The van der Waals surface area contributed by atoms with E-state index in [9.17, 15) is 14.7 Å². The highest BCUT2D eigenvalue weighted by Crippen LogP contribution is 2.32. The second-order valence-corrected chi connectivity index (χ2v) is 7.77. The molecule has 0 atom stereocenters. The lowest BCUT2D eigenvalue weighted by molar-refractivity contribution is -0.131. The minimum Gasteiger partial charge on any atom is -0.507 e. The molecule has 4 rings (SSSR count). The summed E-state index contributed by atoms with van der Waals surface area (Å²) in [4.78, 5) is 36.0. The summed E-state index contributed by atoms with van der Waals surface area (Å²) in [6, 6.07) is 3.43. The van der Waals surface area contributed by atoms with Gasteiger partial charge in [0.1, 0.15) is 5.75 Å². The zero-order valence-corrected chi connectivity index (χ0v) is 17.3. The Balaban J connectivity index is 1.94. The third-order valence-electron chi connectivity index (χ3n) is 5.45. The summed E-state index contributed by atoms with van der Waals surface area (Å²) in [5.41, 5.74) is 3.98. The van der Waals surface area contributed by atoms with Crippen molar-refractivity contribution in [3.8, 4) is 5.75 Å². The number of Topliss-reactive ketones (excluding diaryl/α,β-unsaturated/α-hetero) is 1. The van der Waals surface area contributed by atoms with E-state index in [1.54, 1.807) is 24.4 Å². The van der Waals surface area contributed by atoms with Crippen molar-refractivity contribution < 1.29 is 14.7 Å². The summed E-state index contributed by atoms with van der Waals surface area (Å²) < 4.78 is 0. The number of phenols is 1. The molecule has 2 N–H and O–H groups in total. The van der Waals surface area contributed by atoms with E-state index in [1.165, 1.54) is 6.08 Å². The van der Waals surface area contributed by atoms with Crippen molar-refractivity contribution in [1.29, 1.82) is 0 Å². The number of fused-ring (bicyclic) bond motifs is 2. The lowest BCUT2D eigenvalue weighted by atomic mass is 9.91. The standard InChI is InChI=1S/C23H24N4O3/c1-24-10-8-13-12-25-22-15(4-6-17(28)19(13)22)21-14(9-11-27(2)3)20-16(26-21)5-7-18(29)23(20)30/h4-7,12,24,28H,8-11H2,1-3H3. The first-order chi connectivity index (χ1) is 14.4. The van der Waals surface area contributed by atoms with Gasteiger partial charge in [-0.3, -0.25) is 14.6 Å². The molecule has 0 radical (unpaired) electrons. The Hall–Kier alpha value is -3.16. The predicted molar refractivity (Wildman–Crippen MR) is 116 cm³/mol. The first-order valence-corrected chi connectivity index (χ1v) is 9.94. The number of aromatic hydroxyl groups is 1. The topological polar surface area (TPSA) is 94.4 Å². The number of nitrogens with zero attached hydrogens (tertiary/aromatic N) is 3. The molecule has 0 aromatic heterocycles. The van der Waals surface area contributed by atoms with E-state index in [1.807, 2.05) is 26.0 Å². The summed E-state index contributed by atoms with van der Waals surface area (Å²) in [5.74, 6) is -0.862. The van der Waals surface area contributed by atoms with Gasteiger partial charge in [0.25, 0.3) is 0 Å². The van der Waals surface area contributed by atoms with Gasteiger partial charge in [-0.05, 0) is 76.0 Å². The Morgan fingerprint density at radius 1 is 1.13 bits per heavy atom. The highest BCUT2D eigenvalue weighted by molar-refractivity contribution is 6.58. The molecule has 2 aliphatic heterocycles. The molecule has 7 heteroatoms. The molecule has 0 saturated heterocycles. The fourth-order valence-corrected chi connectivity index (χ4v) is 3.92. The van der Waals surface area contributed by atoms with Crippen molar-refractivity contribution in [3.63, 3.8) is 0 Å². The molecular formula is C23H24N4O3. The summed E-state index contributed by atoms with van der Waals surface area (Å²) in [7, 11) is 5.80. The maximum atomic E-state index is 12.6. The Labute approximate surface area is 174 Å². The highest BCUT2D eigenvalue weighted by atomic mass is 16.3. The third-order valence-corrected chi connectivity index (χ3v) is 5.45. The molecule has 0 fully saturated rings. The lowest BCUT2D eigenvalue weighted by Crippen LogP contribution is -2.29. The molecule has 3 aliphatic rings. The van der Waals surface area contributed by atoms with Gasteiger partial charge in [-0.25, -0.2) is 4.99 Å². The fraction of sp³-hybridized carbons (Fsp3) is 0.304. The zero-order valence-electron chi connectivity index (χ0n) is 17.3. The van der Waals surface area contributed by atoms with E-state index >= 15 is 0 Å². The van der Waals surface area contributed by atoms with E-state index in [2.05, 4.69) is 10.3 Å². The van der Waals surface area contributed by atoms with Crippen LogP contribution in [0.2, 0.25) is 0 Å². The van der Waals surface area contributed by atoms with Crippen molar-refractivity contribution in [1.82, 2.24) is 10.2 Å². The first kappa shape index (κ1) is 20.1. The van der Waals surface area contributed by atoms with Gasteiger partial charge in [-0.2, -0.15) is 0 Å². The molecule has 7 nitrogen and oxygen atoms in total. The molecule has 0 spiro atoms. The van der Waals surface area contributed by atoms with Gasteiger partial charge in [0.05, 0.1) is 22.3 Å². The van der Waals surface area contributed by atoms with Crippen molar-refractivity contribution in [2.24, 2.45) is 9.98 Å². The van der Waals surface area contributed by atoms with Gasteiger partial charge in [0.2, 0.25) is 11.6 Å². The molecule has 2 heterocycles. The second-order valence-electron chi connectivity index (χ2n) is 7.77. The van der Waals surface area contributed by atoms with Gasteiger partial charge in [-0.1, -0.05) is 0 Å². The quantitative estimate of drug-likeness (QED) is 0.674. The van der Waals surface area contributed by atoms with Crippen LogP contribution in [0.15, 0.2) is 51.6 Å². The van der Waals surface area contributed by atoms with Crippen LogP contribution >= 0.6 is 0 Å². The van der Waals surface area contributed by atoms with Gasteiger partial charge in [-0.15, -0.1) is 0 Å². The monoisotopic (exact) mass is 404 g/mol. The average Bonchev–Trinajstić information content (AvgIpc) is 3.30. The molecule has 0 bridgehead atoms. The molecule has 0 saturated carbocycles. The number of aliphatic imine (C=N–C) groups is 1. The van der Waals surface area contributed by atoms with Crippen molar-refractivity contribution in [3.05, 3.63) is 57.8 Å². The summed E-state index contributed by atoms with van der Waals surface area (Å²) in [6.45, 7) is 1.47. The maximum absolute atomic E-state index is 12.6. The Kier molecular flexibility index (Phi) is 5.32. The van der Waals surface area contributed by atoms with Crippen LogP contribution in [0.3, 0.4) is 0 Å². The molecule has 1 aromatic carbocycles. The Morgan fingerprint density at radius 2 is 1.93 bits per heavy atom. The van der Waals surface area contributed by atoms with Gasteiger partial charge in [0, 0.05) is 23.5 Å². The number of hydrogen-bond donors (Lipinski definition) is 2. The highest BCUT2D eigenvalue weighted by Gasteiger charge is 2.34. The molecule has 154 valence electrons. The minimum atomic E-state index is -0.524. The molecule has 1 aromatic rings. The van der Waals surface area contributed by atoms with E-state index in [4.69, 9.17) is 4.99 Å². The van der Waals surface area contributed by atoms with Crippen molar-refractivity contribution in [2.45, 2.75) is 12.8 Å². The Morgan fingerprint density at radius 3 is 2.67 bits per heavy atom. The molecule has 0 amide bonds. The largest absolute Gasteiger partial charge is 0.507 e. The number of hydrogen-bond acceptors (Lipinski definition) is 7. The van der Waals surface area contributed by atoms with Crippen molar-refractivity contribution >= 4 is 28.5 Å². The number of nitrogens with one attached hydrogen (secondary N) is 1. The lowest BCUT2D eigenvalue weighted by Gasteiger charge is -2.13. The number of carbonyl (C=O) groups is 2. The molecular weight excluding hydrogens is 380 g/mol. The summed E-state index contributed by atoms with van der Waals surface area (Å²) in [6.07, 6.45) is 5.98. The molecule has 30 heavy (non-hydrogen) atoms. The van der Waals surface area contributed by atoms with Crippen LogP contribution in [0.5, 0.6) is 5.75 Å². The summed E-state index contributed by atoms with van der Waals surface area (Å²) in [5, 5.41) is 15.0. The van der Waals surface area contributed by atoms with Crippen LogP contribution < -0.4 is 15.9 Å². The number of phenolic OH excluding ortho intramolecular Hbond substituents is 1. The number of ketones is 2. The minimum absolute atomic E-state index is 0.176. The van der Waals surface area contributed by atoms with Crippen LogP contribution in [0.1, 0.15) is 18.4 Å². The number of allylic oxidation sites excluding steroid dienone is 3. The molecule has 0 unspecified atom stereocenters. The summed E-state index contributed by atoms with van der Waals surface area (Å²) >= 11 is 0. The van der Waals surface area contributed by atoms with Crippen LogP contribution in [-0.4, -0.2) is 61.5 Å². The third kappa shape index (κ3) is 3.36. The first-order valence-electron chi connectivity index (χ1n) is 9.94. The van der Waals surface area contributed by atoms with Gasteiger partial charge >= 0.3 is 0 Å². The normalized spacial score (nSPS) is 19.2. The average molecular weight is 404 g/mol. The SMILES string of the molecule is CNCCC1=CN=c2c1c(O)ccc2=C1N=C2C=CC(=O)C(=O)C2=C1CCN(C)C. The number of rotatable bonds is 6. The van der Waals surface area contributed by atoms with Crippen LogP contribution in [-0.2, 0) is 9.59 Å². The van der Waals surface area contributed by atoms with E-state index in [0.29, 0.717) is 40.9 Å². The zero-order chi connectivity index (χ0) is 21.4. The van der Waals surface area contributed by atoms with E-state index < -0.39 is 11.6 Å². The Bertz CT molecular complexity index is 1200. The van der Waals surface area contributed by atoms with Crippen LogP contribution in [0, 0.1) is 0 Å². The molecule has 1 aliphatic carbocycles. The van der Waals surface area contributed by atoms with Gasteiger partial charge in [0.15, 0.2) is 0 Å². The maximum Gasteiger partial charge on any atom is 0.235 e. The van der Waals surface area contributed by atoms with Crippen LogP contribution in [0.4, 0.5) is 0 Å². The number of carbonyl (C=O) groups excluding carboxylic acids is 2.